The molecular weight excluding hydrogens is 252 g/mol. The Balaban J connectivity index is 2.22. The molecule has 2 heterocycles. The largest absolute Gasteiger partial charge is 0.393 e. The summed E-state index contributed by atoms with van der Waals surface area (Å²) in [4.78, 5) is 13.9. The summed E-state index contributed by atoms with van der Waals surface area (Å²) in [7, 11) is 1.58. The average molecular weight is 270 g/mol. The van der Waals surface area contributed by atoms with Gasteiger partial charge in [-0.15, -0.1) is 0 Å². The zero-order chi connectivity index (χ0) is 13.3. The predicted octanol–water partition coefficient (Wildman–Crippen LogP) is 0.292. The van der Waals surface area contributed by atoms with Crippen LogP contribution in [0.5, 0.6) is 0 Å². The maximum absolute atomic E-state index is 11.8. The summed E-state index contributed by atoms with van der Waals surface area (Å²) in [5.74, 6) is 0.303. The van der Waals surface area contributed by atoms with E-state index in [4.69, 9.17) is 5.73 Å². The SMILES string of the molecule is CNC(=O)c1c(N)nsc1N1CCC(C(C)O)C1. The third kappa shape index (κ3) is 2.28. The molecular formula is C11H18N4O2S. The standard InChI is InChI=1S/C11H18N4O2S/c1-6(16)7-3-4-15(5-7)11-8(10(17)13-2)9(12)14-18-11/h6-7,16H,3-5H2,1-2H3,(H2,12,14)(H,13,17). The van der Waals surface area contributed by atoms with Crippen LogP contribution in [-0.2, 0) is 0 Å². The fraction of sp³-hybridized carbons (Fsp3) is 0.636. The lowest BCUT2D eigenvalue weighted by Crippen LogP contribution is -2.26. The highest BCUT2D eigenvalue weighted by Crippen LogP contribution is 2.34. The smallest absolute Gasteiger partial charge is 0.257 e. The third-order valence-corrected chi connectivity index (χ3v) is 4.27. The molecule has 2 rings (SSSR count). The van der Waals surface area contributed by atoms with E-state index < -0.39 is 0 Å². The van der Waals surface area contributed by atoms with Crippen molar-refractivity contribution in [1.29, 1.82) is 0 Å². The molecule has 0 spiro atoms. The predicted molar refractivity (Wildman–Crippen MR) is 71.9 cm³/mol. The Kier molecular flexibility index (Phi) is 3.72. The van der Waals surface area contributed by atoms with Gasteiger partial charge in [-0.05, 0) is 24.9 Å². The second kappa shape index (κ2) is 5.11. The van der Waals surface area contributed by atoms with Gasteiger partial charge in [-0.25, -0.2) is 0 Å². The van der Waals surface area contributed by atoms with Crippen LogP contribution in [0.3, 0.4) is 0 Å². The number of carbonyl (C=O) groups is 1. The van der Waals surface area contributed by atoms with E-state index in [2.05, 4.69) is 14.6 Å². The van der Waals surface area contributed by atoms with E-state index in [1.165, 1.54) is 11.5 Å². The number of hydrogen-bond acceptors (Lipinski definition) is 6. The lowest BCUT2D eigenvalue weighted by molar-refractivity contribution is 0.0964. The molecule has 0 aromatic carbocycles. The quantitative estimate of drug-likeness (QED) is 0.734. The Bertz CT molecular complexity index is 446. The first kappa shape index (κ1) is 13.1. The number of hydrogen-bond donors (Lipinski definition) is 3. The molecule has 1 aromatic rings. The van der Waals surface area contributed by atoms with E-state index in [-0.39, 0.29) is 23.7 Å². The molecule has 1 fully saturated rings. The van der Waals surface area contributed by atoms with E-state index in [0.717, 1.165) is 24.5 Å². The number of aromatic nitrogens is 1. The molecule has 2 atom stereocenters. The Labute approximate surface area is 110 Å². The lowest BCUT2D eigenvalue weighted by atomic mass is 10.0. The number of rotatable bonds is 3. The summed E-state index contributed by atoms with van der Waals surface area (Å²) in [6, 6.07) is 0. The van der Waals surface area contributed by atoms with Gasteiger partial charge in [0.1, 0.15) is 10.6 Å². The molecule has 1 aliphatic heterocycles. The monoisotopic (exact) mass is 270 g/mol. The van der Waals surface area contributed by atoms with Crippen LogP contribution in [0.15, 0.2) is 0 Å². The van der Waals surface area contributed by atoms with Crippen LogP contribution in [-0.4, -0.2) is 41.6 Å². The number of amides is 1. The van der Waals surface area contributed by atoms with Gasteiger partial charge < -0.3 is 21.1 Å². The molecule has 1 aromatic heterocycles. The Morgan fingerprint density at radius 2 is 2.44 bits per heavy atom. The van der Waals surface area contributed by atoms with Gasteiger partial charge >= 0.3 is 0 Å². The number of nitrogen functional groups attached to an aromatic ring is 1. The fourth-order valence-corrected chi connectivity index (χ4v) is 3.06. The number of anilines is 2. The van der Waals surface area contributed by atoms with Crippen LogP contribution >= 0.6 is 11.5 Å². The van der Waals surface area contributed by atoms with E-state index in [9.17, 15) is 9.90 Å². The summed E-state index contributed by atoms with van der Waals surface area (Å²) < 4.78 is 4.05. The van der Waals surface area contributed by atoms with Crippen molar-refractivity contribution >= 4 is 28.3 Å². The first-order valence-corrected chi connectivity index (χ1v) is 6.72. The molecule has 0 aliphatic carbocycles. The van der Waals surface area contributed by atoms with Crippen molar-refractivity contribution in [3.8, 4) is 0 Å². The Morgan fingerprint density at radius 3 is 3.00 bits per heavy atom. The summed E-state index contributed by atoms with van der Waals surface area (Å²) in [5, 5.41) is 13.0. The topological polar surface area (TPSA) is 91.5 Å². The molecule has 0 bridgehead atoms. The van der Waals surface area contributed by atoms with Crippen molar-refractivity contribution < 1.29 is 9.90 Å². The van der Waals surface area contributed by atoms with Crippen molar-refractivity contribution in [3.63, 3.8) is 0 Å². The second-order valence-corrected chi connectivity index (χ2v) is 5.31. The number of carbonyl (C=O) groups excluding carboxylic acids is 1. The van der Waals surface area contributed by atoms with Crippen molar-refractivity contribution in [2.45, 2.75) is 19.4 Å². The average Bonchev–Trinajstić information content (AvgIpc) is 2.94. The van der Waals surface area contributed by atoms with Crippen LogP contribution in [0.1, 0.15) is 23.7 Å². The van der Waals surface area contributed by atoms with Crippen LogP contribution in [0.4, 0.5) is 10.8 Å². The van der Waals surface area contributed by atoms with Gasteiger partial charge in [0.2, 0.25) is 0 Å². The van der Waals surface area contributed by atoms with Crippen LogP contribution in [0, 0.1) is 5.92 Å². The molecule has 2 unspecified atom stereocenters. The summed E-state index contributed by atoms with van der Waals surface area (Å²) in [6.45, 7) is 3.36. The fourth-order valence-electron chi connectivity index (χ4n) is 2.21. The van der Waals surface area contributed by atoms with Crippen molar-refractivity contribution in [1.82, 2.24) is 9.69 Å². The maximum Gasteiger partial charge on any atom is 0.257 e. The van der Waals surface area contributed by atoms with Crippen LogP contribution in [0.2, 0.25) is 0 Å². The molecule has 0 radical (unpaired) electrons. The second-order valence-electron chi connectivity index (χ2n) is 4.56. The van der Waals surface area contributed by atoms with Gasteiger partial charge in [-0.3, -0.25) is 4.79 Å². The molecule has 100 valence electrons. The highest BCUT2D eigenvalue weighted by atomic mass is 32.1. The van der Waals surface area contributed by atoms with Gasteiger partial charge in [-0.2, -0.15) is 4.37 Å². The molecule has 7 heteroatoms. The van der Waals surface area contributed by atoms with Crippen LogP contribution < -0.4 is 16.0 Å². The molecule has 18 heavy (non-hydrogen) atoms. The normalized spacial score (nSPS) is 21.1. The number of nitrogens with two attached hydrogens (primary N) is 1. The summed E-state index contributed by atoms with van der Waals surface area (Å²) in [5.41, 5.74) is 6.19. The number of nitrogens with zero attached hydrogens (tertiary/aromatic N) is 2. The minimum atomic E-state index is -0.330. The Hall–Kier alpha value is -1.34. The molecule has 1 amide bonds. The first-order valence-electron chi connectivity index (χ1n) is 5.94. The van der Waals surface area contributed by atoms with Crippen LogP contribution in [0.25, 0.3) is 0 Å². The molecule has 0 saturated carbocycles. The summed E-state index contributed by atoms with van der Waals surface area (Å²) in [6.07, 6.45) is 0.589. The molecule has 6 nitrogen and oxygen atoms in total. The summed E-state index contributed by atoms with van der Waals surface area (Å²) >= 11 is 1.24. The minimum Gasteiger partial charge on any atom is -0.393 e. The number of nitrogens with one attached hydrogen (secondary N) is 1. The first-order chi connectivity index (χ1) is 8.54. The molecule has 1 saturated heterocycles. The zero-order valence-electron chi connectivity index (χ0n) is 10.5. The zero-order valence-corrected chi connectivity index (χ0v) is 11.3. The van der Waals surface area contributed by atoms with Gasteiger partial charge in [0.15, 0.2) is 5.82 Å². The van der Waals surface area contributed by atoms with Crippen molar-refractivity contribution in [2.24, 2.45) is 5.92 Å². The van der Waals surface area contributed by atoms with E-state index in [1.807, 2.05) is 0 Å². The highest BCUT2D eigenvalue weighted by Gasteiger charge is 2.30. The number of aliphatic hydroxyl groups is 1. The number of aliphatic hydroxyl groups excluding tert-OH is 1. The van der Waals surface area contributed by atoms with Gasteiger partial charge in [-0.1, -0.05) is 0 Å². The van der Waals surface area contributed by atoms with E-state index >= 15 is 0 Å². The molecule has 1 aliphatic rings. The third-order valence-electron chi connectivity index (χ3n) is 3.35. The van der Waals surface area contributed by atoms with Crippen molar-refractivity contribution in [2.75, 3.05) is 30.8 Å². The van der Waals surface area contributed by atoms with Gasteiger partial charge in [0.05, 0.1) is 6.10 Å². The lowest BCUT2D eigenvalue weighted by Gasteiger charge is -2.18. The highest BCUT2D eigenvalue weighted by molar-refractivity contribution is 7.11. The minimum absolute atomic E-state index is 0.211. The van der Waals surface area contributed by atoms with E-state index in [0.29, 0.717) is 5.56 Å². The Morgan fingerprint density at radius 1 is 1.72 bits per heavy atom. The van der Waals surface area contributed by atoms with Gasteiger partial charge in [0.25, 0.3) is 5.91 Å². The van der Waals surface area contributed by atoms with E-state index in [1.54, 1.807) is 14.0 Å². The van der Waals surface area contributed by atoms with Crippen molar-refractivity contribution in [3.05, 3.63) is 5.56 Å². The molecule has 4 N–H and O–H groups in total. The maximum atomic E-state index is 11.8. The van der Waals surface area contributed by atoms with Gasteiger partial charge in [0, 0.05) is 26.1 Å².